The van der Waals surface area contributed by atoms with E-state index in [2.05, 4.69) is 9.97 Å². The fourth-order valence-electron chi connectivity index (χ4n) is 3.18. The number of ether oxygens (including phenoxy) is 1. The number of carbonyl (C=O) groups is 1. The molecular weight excluding hydrogens is 322 g/mol. The van der Waals surface area contributed by atoms with Crippen molar-refractivity contribution in [2.75, 3.05) is 0 Å². The second-order valence-electron chi connectivity index (χ2n) is 5.89. The second-order valence-corrected chi connectivity index (χ2v) is 6.97. The highest BCUT2D eigenvalue weighted by Gasteiger charge is 2.21. The minimum absolute atomic E-state index is 0.352. The quantitative estimate of drug-likeness (QED) is 0.735. The molecule has 4 rings (SSSR count). The van der Waals surface area contributed by atoms with Crippen LogP contribution in [0.1, 0.15) is 40.1 Å². The van der Waals surface area contributed by atoms with Crippen LogP contribution in [-0.4, -0.2) is 15.9 Å². The van der Waals surface area contributed by atoms with E-state index in [1.54, 1.807) is 29.5 Å². The summed E-state index contributed by atoms with van der Waals surface area (Å²) in [6, 6.07) is 6.97. The van der Waals surface area contributed by atoms with Gasteiger partial charge in [-0.05, 0) is 43.4 Å². The van der Waals surface area contributed by atoms with Crippen LogP contribution < -0.4 is 10.5 Å². The van der Waals surface area contributed by atoms with Gasteiger partial charge in [0.15, 0.2) is 0 Å². The number of thiophene rings is 1. The lowest BCUT2D eigenvalue weighted by atomic mass is 10.1. The summed E-state index contributed by atoms with van der Waals surface area (Å²) in [5.41, 5.74) is 7.10. The molecule has 1 aromatic carbocycles. The van der Waals surface area contributed by atoms with Gasteiger partial charge < -0.3 is 10.5 Å². The Balaban J connectivity index is 1.83. The Labute approximate surface area is 143 Å². The van der Waals surface area contributed by atoms with Crippen molar-refractivity contribution in [3.05, 3.63) is 46.6 Å². The molecule has 1 aliphatic rings. The van der Waals surface area contributed by atoms with E-state index in [4.69, 9.17) is 10.5 Å². The van der Waals surface area contributed by atoms with E-state index in [0.29, 0.717) is 17.2 Å². The molecule has 24 heavy (non-hydrogen) atoms. The molecule has 0 saturated heterocycles. The maximum atomic E-state index is 11.6. The van der Waals surface area contributed by atoms with E-state index in [-0.39, 0.29) is 0 Å². The standard InChI is InChI=1S/C18H17N3O2S/c19-16(22)11-6-4-5-8-13(11)23-17-15-12-7-2-1-3-9-14(12)24-18(15)21-10-20-17/h4-6,8,10H,1-3,7,9H2,(H2,19,22). The van der Waals surface area contributed by atoms with Crippen molar-refractivity contribution in [3.8, 4) is 11.6 Å². The summed E-state index contributed by atoms with van der Waals surface area (Å²) in [5, 5.41) is 0.985. The third kappa shape index (κ3) is 2.63. The molecule has 0 fully saturated rings. The van der Waals surface area contributed by atoms with Crippen LogP contribution in [0.2, 0.25) is 0 Å². The van der Waals surface area contributed by atoms with Gasteiger partial charge in [-0.1, -0.05) is 18.6 Å². The predicted octanol–water partition coefficient (Wildman–Crippen LogP) is 3.85. The summed E-state index contributed by atoms with van der Waals surface area (Å²) in [6.45, 7) is 0. The average Bonchev–Trinajstić information content (AvgIpc) is 2.78. The van der Waals surface area contributed by atoms with Crippen molar-refractivity contribution in [3.63, 3.8) is 0 Å². The highest BCUT2D eigenvalue weighted by Crippen LogP contribution is 2.39. The molecule has 122 valence electrons. The molecule has 0 spiro atoms. The summed E-state index contributed by atoms with van der Waals surface area (Å²) >= 11 is 1.73. The maximum absolute atomic E-state index is 11.6. The number of primary amides is 1. The van der Waals surface area contributed by atoms with Crippen molar-refractivity contribution in [2.45, 2.75) is 32.1 Å². The molecule has 2 heterocycles. The number of carbonyl (C=O) groups excluding carboxylic acids is 1. The SMILES string of the molecule is NC(=O)c1ccccc1Oc1ncnc2sc3c(c12)CCCCC3. The van der Waals surface area contributed by atoms with Crippen molar-refractivity contribution < 1.29 is 9.53 Å². The Morgan fingerprint density at radius 1 is 1.12 bits per heavy atom. The van der Waals surface area contributed by atoms with E-state index in [1.165, 1.54) is 36.0 Å². The van der Waals surface area contributed by atoms with Gasteiger partial charge in [-0.3, -0.25) is 4.79 Å². The molecule has 1 aliphatic carbocycles. The molecule has 0 radical (unpaired) electrons. The Bertz CT molecular complexity index is 920. The smallest absolute Gasteiger partial charge is 0.252 e. The lowest BCUT2D eigenvalue weighted by Gasteiger charge is -2.10. The number of amides is 1. The molecule has 3 aromatic rings. The van der Waals surface area contributed by atoms with Gasteiger partial charge in [-0.25, -0.2) is 9.97 Å². The molecular formula is C18H17N3O2S. The van der Waals surface area contributed by atoms with Gasteiger partial charge in [0.05, 0.1) is 10.9 Å². The molecule has 0 saturated carbocycles. The van der Waals surface area contributed by atoms with Crippen LogP contribution in [0.5, 0.6) is 11.6 Å². The Hall–Kier alpha value is -2.47. The highest BCUT2D eigenvalue weighted by atomic mass is 32.1. The van der Waals surface area contributed by atoms with Crippen LogP contribution in [0.15, 0.2) is 30.6 Å². The predicted molar refractivity (Wildman–Crippen MR) is 93.7 cm³/mol. The fourth-order valence-corrected chi connectivity index (χ4v) is 4.40. The molecule has 0 aliphatic heterocycles. The summed E-state index contributed by atoms with van der Waals surface area (Å²) in [6.07, 6.45) is 7.26. The Morgan fingerprint density at radius 3 is 2.83 bits per heavy atom. The zero-order chi connectivity index (χ0) is 16.5. The number of aryl methyl sites for hydroxylation is 2. The molecule has 2 N–H and O–H groups in total. The number of benzene rings is 1. The first-order chi connectivity index (χ1) is 11.7. The summed E-state index contributed by atoms with van der Waals surface area (Å²) in [4.78, 5) is 22.7. The summed E-state index contributed by atoms with van der Waals surface area (Å²) < 4.78 is 6.00. The highest BCUT2D eigenvalue weighted by molar-refractivity contribution is 7.18. The van der Waals surface area contributed by atoms with Crippen molar-refractivity contribution in [2.24, 2.45) is 5.73 Å². The molecule has 0 unspecified atom stereocenters. The zero-order valence-electron chi connectivity index (χ0n) is 13.1. The number of rotatable bonds is 3. The van der Waals surface area contributed by atoms with Crippen LogP contribution in [0, 0.1) is 0 Å². The topological polar surface area (TPSA) is 78.1 Å². The number of aromatic nitrogens is 2. The third-order valence-corrected chi connectivity index (χ3v) is 5.53. The van der Waals surface area contributed by atoms with Crippen LogP contribution in [0.4, 0.5) is 0 Å². The Morgan fingerprint density at radius 2 is 1.96 bits per heavy atom. The monoisotopic (exact) mass is 339 g/mol. The molecule has 5 nitrogen and oxygen atoms in total. The van der Waals surface area contributed by atoms with Gasteiger partial charge in [0.2, 0.25) is 5.88 Å². The van der Waals surface area contributed by atoms with Gasteiger partial charge >= 0.3 is 0 Å². The number of hydrogen-bond donors (Lipinski definition) is 1. The van der Waals surface area contributed by atoms with Gasteiger partial charge in [0.1, 0.15) is 16.9 Å². The lowest BCUT2D eigenvalue weighted by molar-refractivity contribution is 0.0998. The Kier molecular flexibility index (Phi) is 3.90. The average molecular weight is 339 g/mol. The maximum Gasteiger partial charge on any atom is 0.252 e. The van der Waals surface area contributed by atoms with Crippen LogP contribution >= 0.6 is 11.3 Å². The molecule has 2 aromatic heterocycles. The third-order valence-electron chi connectivity index (χ3n) is 4.33. The van der Waals surface area contributed by atoms with E-state index in [1.807, 2.05) is 6.07 Å². The molecule has 6 heteroatoms. The van der Waals surface area contributed by atoms with Crippen LogP contribution in [0.25, 0.3) is 10.2 Å². The minimum atomic E-state index is -0.514. The summed E-state index contributed by atoms with van der Waals surface area (Å²) in [7, 11) is 0. The minimum Gasteiger partial charge on any atom is -0.437 e. The molecule has 0 bridgehead atoms. The first kappa shape index (κ1) is 15.1. The van der Waals surface area contributed by atoms with Gasteiger partial charge in [0, 0.05) is 4.88 Å². The molecule has 1 amide bonds. The molecule has 0 atom stereocenters. The van der Waals surface area contributed by atoms with Gasteiger partial charge in [0.25, 0.3) is 5.91 Å². The van der Waals surface area contributed by atoms with Gasteiger partial charge in [-0.15, -0.1) is 11.3 Å². The number of nitrogens with two attached hydrogens (primary N) is 1. The van der Waals surface area contributed by atoms with Crippen molar-refractivity contribution >= 4 is 27.5 Å². The largest absolute Gasteiger partial charge is 0.437 e. The van der Waals surface area contributed by atoms with E-state index >= 15 is 0 Å². The fraction of sp³-hybridized carbons (Fsp3) is 0.278. The first-order valence-corrected chi connectivity index (χ1v) is 8.87. The second kappa shape index (κ2) is 6.20. The normalized spacial score (nSPS) is 14.2. The number of para-hydroxylation sites is 1. The van der Waals surface area contributed by atoms with Crippen LogP contribution in [-0.2, 0) is 12.8 Å². The number of fused-ring (bicyclic) bond motifs is 3. The van der Waals surface area contributed by atoms with E-state index in [0.717, 1.165) is 23.1 Å². The lowest BCUT2D eigenvalue weighted by Crippen LogP contribution is -2.12. The zero-order valence-corrected chi connectivity index (χ0v) is 13.9. The van der Waals surface area contributed by atoms with E-state index < -0.39 is 5.91 Å². The van der Waals surface area contributed by atoms with Crippen LogP contribution in [0.3, 0.4) is 0 Å². The van der Waals surface area contributed by atoms with Crippen molar-refractivity contribution in [1.29, 1.82) is 0 Å². The van der Waals surface area contributed by atoms with Gasteiger partial charge in [-0.2, -0.15) is 0 Å². The number of nitrogens with zero attached hydrogens (tertiary/aromatic N) is 2. The number of hydrogen-bond acceptors (Lipinski definition) is 5. The van der Waals surface area contributed by atoms with Crippen molar-refractivity contribution in [1.82, 2.24) is 9.97 Å². The van der Waals surface area contributed by atoms with E-state index in [9.17, 15) is 4.79 Å². The first-order valence-electron chi connectivity index (χ1n) is 8.06. The summed E-state index contributed by atoms with van der Waals surface area (Å²) in [5.74, 6) is 0.423.